The van der Waals surface area contributed by atoms with Gasteiger partial charge in [-0.15, -0.1) is 0 Å². The van der Waals surface area contributed by atoms with E-state index in [1.165, 1.54) is 6.33 Å². The lowest BCUT2D eigenvalue weighted by molar-refractivity contribution is -0.149. The van der Waals surface area contributed by atoms with Gasteiger partial charge < -0.3 is 25.5 Å². The van der Waals surface area contributed by atoms with Gasteiger partial charge >= 0.3 is 11.9 Å². The zero-order chi connectivity index (χ0) is 24.4. The van der Waals surface area contributed by atoms with Crippen LogP contribution in [0.2, 0.25) is 0 Å². The van der Waals surface area contributed by atoms with Crippen molar-refractivity contribution in [3.05, 3.63) is 16.7 Å². The van der Waals surface area contributed by atoms with Crippen molar-refractivity contribution in [1.82, 2.24) is 19.5 Å². The highest BCUT2D eigenvalue weighted by atomic mass is 16.5. The van der Waals surface area contributed by atoms with Gasteiger partial charge in [0.15, 0.2) is 11.2 Å². The number of nitrogens with one attached hydrogen (secondary N) is 1. The van der Waals surface area contributed by atoms with Crippen molar-refractivity contribution in [2.45, 2.75) is 71.9 Å². The summed E-state index contributed by atoms with van der Waals surface area (Å²) in [7, 11) is 0. The first-order chi connectivity index (χ1) is 15.8. The van der Waals surface area contributed by atoms with Gasteiger partial charge in [-0.2, -0.15) is 4.98 Å². The second kappa shape index (κ2) is 12.9. The molecule has 2 heterocycles. The number of hydrogen-bond acceptors (Lipinski definition) is 9. The molecule has 11 heteroatoms. The van der Waals surface area contributed by atoms with Gasteiger partial charge in [-0.3, -0.25) is 19.4 Å². The fourth-order valence-corrected chi connectivity index (χ4v) is 3.32. The predicted molar refractivity (Wildman–Crippen MR) is 124 cm³/mol. The Labute approximate surface area is 193 Å². The number of nitrogens with two attached hydrogens (primary N) is 2. The average molecular weight is 465 g/mol. The van der Waals surface area contributed by atoms with Crippen LogP contribution in [0.3, 0.4) is 0 Å². The van der Waals surface area contributed by atoms with Crippen LogP contribution >= 0.6 is 0 Å². The second-order valence-electron chi connectivity index (χ2n) is 8.39. The SMILES string of the molecule is CCCCCC(=O)OC[C@H](CCOC(=O)[C@@H](N)[C@@H](C)CC)Cn1cnc2c(=O)[nH]c(N)nc21. The minimum absolute atomic E-state index is 0.0129. The predicted octanol–water partition coefficient (Wildman–Crippen LogP) is 1.75. The van der Waals surface area contributed by atoms with Gasteiger partial charge in [-0.25, -0.2) is 4.98 Å². The highest BCUT2D eigenvalue weighted by Crippen LogP contribution is 2.15. The first kappa shape index (κ1) is 26.3. The van der Waals surface area contributed by atoms with E-state index in [1.807, 2.05) is 13.8 Å². The lowest BCUT2D eigenvalue weighted by atomic mass is 10.0. The fraction of sp³-hybridized carbons (Fsp3) is 0.682. The third kappa shape index (κ3) is 7.85. The Hall–Kier alpha value is -2.95. The highest BCUT2D eigenvalue weighted by molar-refractivity contribution is 5.75. The molecule has 33 heavy (non-hydrogen) atoms. The first-order valence-electron chi connectivity index (χ1n) is 11.5. The molecule has 0 spiro atoms. The van der Waals surface area contributed by atoms with E-state index in [0.717, 1.165) is 25.7 Å². The normalized spacial score (nSPS) is 14.1. The number of nitrogen functional groups attached to an aromatic ring is 1. The van der Waals surface area contributed by atoms with Crippen molar-refractivity contribution in [2.24, 2.45) is 17.6 Å². The van der Waals surface area contributed by atoms with Crippen LogP contribution in [-0.4, -0.2) is 50.7 Å². The standard InChI is InChI=1S/C22H36N6O5/c1-4-6-7-8-16(29)33-12-15(9-10-32-21(31)17(23)14(3)5-2)11-28-13-25-18-19(28)26-22(24)27-20(18)30/h13-15,17H,4-12,23H2,1-3H3,(H3,24,26,27,30)/t14-,15+,17-/m0/s1. The first-order valence-corrected chi connectivity index (χ1v) is 11.5. The van der Waals surface area contributed by atoms with Gasteiger partial charge in [0.05, 0.1) is 19.5 Å². The molecule has 0 fully saturated rings. The van der Waals surface area contributed by atoms with Crippen molar-refractivity contribution in [3.8, 4) is 0 Å². The largest absolute Gasteiger partial charge is 0.465 e. The zero-order valence-corrected chi connectivity index (χ0v) is 19.7. The number of fused-ring (bicyclic) bond motifs is 1. The summed E-state index contributed by atoms with van der Waals surface area (Å²) in [5.41, 5.74) is 11.7. The number of aromatic amines is 1. The van der Waals surface area contributed by atoms with E-state index >= 15 is 0 Å². The van der Waals surface area contributed by atoms with Crippen LogP contribution in [0.15, 0.2) is 11.1 Å². The second-order valence-corrected chi connectivity index (χ2v) is 8.39. The summed E-state index contributed by atoms with van der Waals surface area (Å²) in [6.45, 7) is 6.55. The van der Waals surface area contributed by atoms with Crippen molar-refractivity contribution in [1.29, 1.82) is 0 Å². The summed E-state index contributed by atoms with van der Waals surface area (Å²) >= 11 is 0. The van der Waals surface area contributed by atoms with Gasteiger partial charge in [0.25, 0.3) is 5.56 Å². The minimum Gasteiger partial charge on any atom is -0.465 e. The van der Waals surface area contributed by atoms with Crippen LogP contribution in [0.25, 0.3) is 11.2 Å². The Bertz CT molecular complexity index is 972. The summed E-state index contributed by atoms with van der Waals surface area (Å²) < 4.78 is 12.5. The maximum Gasteiger partial charge on any atom is 0.323 e. The summed E-state index contributed by atoms with van der Waals surface area (Å²) in [4.78, 5) is 47.0. The molecule has 0 radical (unpaired) electrons. The lowest BCUT2D eigenvalue weighted by Crippen LogP contribution is -2.38. The molecule has 184 valence electrons. The molecular weight excluding hydrogens is 428 g/mol. The Morgan fingerprint density at radius 1 is 1.24 bits per heavy atom. The number of ether oxygens (including phenoxy) is 2. The smallest absolute Gasteiger partial charge is 0.323 e. The quantitative estimate of drug-likeness (QED) is 0.278. The van der Waals surface area contributed by atoms with E-state index in [9.17, 15) is 14.4 Å². The van der Waals surface area contributed by atoms with Crippen molar-refractivity contribution in [3.63, 3.8) is 0 Å². The Morgan fingerprint density at radius 3 is 2.70 bits per heavy atom. The molecular formula is C22H36N6O5. The van der Waals surface area contributed by atoms with E-state index < -0.39 is 17.6 Å². The number of nitrogens with zero attached hydrogens (tertiary/aromatic N) is 3. The van der Waals surface area contributed by atoms with Crippen molar-refractivity contribution < 1.29 is 19.1 Å². The van der Waals surface area contributed by atoms with Crippen LogP contribution in [0.4, 0.5) is 5.95 Å². The Kier molecular flexibility index (Phi) is 10.3. The number of aromatic nitrogens is 4. The Morgan fingerprint density at radius 2 is 2.00 bits per heavy atom. The average Bonchev–Trinajstić information content (AvgIpc) is 3.18. The van der Waals surface area contributed by atoms with E-state index in [1.54, 1.807) is 4.57 Å². The van der Waals surface area contributed by atoms with E-state index in [-0.39, 0.29) is 42.5 Å². The van der Waals surface area contributed by atoms with E-state index in [0.29, 0.717) is 25.0 Å². The molecule has 2 aromatic rings. The van der Waals surface area contributed by atoms with E-state index in [4.69, 9.17) is 20.9 Å². The van der Waals surface area contributed by atoms with Gasteiger partial charge in [-0.1, -0.05) is 40.0 Å². The maximum atomic E-state index is 12.2. The number of carbonyl (C=O) groups excluding carboxylic acids is 2. The van der Waals surface area contributed by atoms with Gasteiger partial charge in [0, 0.05) is 18.9 Å². The summed E-state index contributed by atoms with van der Waals surface area (Å²) in [5, 5.41) is 0. The summed E-state index contributed by atoms with van der Waals surface area (Å²) in [5.74, 6) is -0.912. The van der Waals surface area contributed by atoms with Crippen molar-refractivity contribution >= 4 is 29.1 Å². The van der Waals surface area contributed by atoms with Crippen LogP contribution in [0.5, 0.6) is 0 Å². The third-order valence-electron chi connectivity index (χ3n) is 5.71. The maximum absolute atomic E-state index is 12.2. The molecule has 0 aliphatic rings. The molecule has 2 aromatic heterocycles. The van der Waals surface area contributed by atoms with Gasteiger partial charge in [0.1, 0.15) is 6.04 Å². The molecule has 5 N–H and O–H groups in total. The molecule has 0 aliphatic carbocycles. The number of unbranched alkanes of at least 4 members (excludes halogenated alkanes) is 2. The van der Waals surface area contributed by atoms with Crippen LogP contribution < -0.4 is 17.0 Å². The number of imidazole rings is 1. The molecule has 3 atom stereocenters. The molecule has 0 amide bonds. The van der Waals surface area contributed by atoms with Crippen molar-refractivity contribution in [2.75, 3.05) is 18.9 Å². The number of esters is 2. The molecule has 0 aliphatic heterocycles. The van der Waals surface area contributed by atoms with Gasteiger partial charge in [-0.05, 0) is 18.8 Å². The summed E-state index contributed by atoms with van der Waals surface area (Å²) in [6, 6.07) is -0.679. The number of rotatable bonds is 14. The monoisotopic (exact) mass is 464 g/mol. The topological polar surface area (TPSA) is 168 Å². The number of anilines is 1. The van der Waals surface area contributed by atoms with Crippen LogP contribution in [0, 0.1) is 11.8 Å². The Balaban J connectivity index is 2.05. The molecule has 2 rings (SSSR count). The molecule has 0 saturated heterocycles. The number of hydrogen-bond donors (Lipinski definition) is 3. The molecule has 0 unspecified atom stereocenters. The number of H-pyrrole nitrogens is 1. The lowest BCUT2D eigenvalue weighted by Gasteiger charge is -2.20. The molecule has 0 aromatic carbocycles. The van der Waals surface area contributed by atoms with Crippen LogP contribution in [0.1, 0.15) is 59.3 Å². The molecule has 11 nitrogen and oxygen atoms in total. The highest BCUT2D eigenvalue weighted by Gasteiger charge is 2.22. The van der Waals surface area contributed by atoms with Crippen LogP contribution in [-0.2, 0) is 25.6 Å². The zero-order valence-electron chi connectivity index (χ0n) is 19.7. The third-order valence-corrected chi connectivity index (χ3v) is 5.71. The number of carbonyl (C=O) groups is 2. The van der Waals surface area contributed by atoms with E-state index in [2.05, 4.69) is 21.9 Å². The fourth-order valence-electron chi connectivity index (χ4n) is 3.32. The van der Waals surface area contributed by atoms with Gasteiger partial charge in [0.2, 0.25) is 5.95 Å². The molecule has 0 bridgehead atoms. The minimum atomic E-state index is -0.679. The molecule has 0 saturated carbocycles. The summed E-state index contributed by atoms with van der Waals surface area (Å²) in [6.07, 6.45) is 5.82.